The maximum atomic E-state index is 10.9. The molecule has 0 aliphatic heterocycles. The molecule has 54 valence electrons. The summed E-state index contributed by atoms with van der Waals surface area (Å²) in [6.07, 6.45) is 9.11. The number of carbonyl (C=O) groups excluding carboxylic acids is 2. The number of hydrogen-bond acceptors (Lipinski definition) is 2. The van der Waals surface area contributed by atoms with Crippen LogP contribution in [0.1, 0.15) is 0 Å². The van der Waals surface area contributed by atoms with Crippen LogP contribution in [0.25, 0.3) is 0 Å². The summed E-state index contributed by atoms with van der Waals surface area (Å²) in [4.78, 5) is 20.7. The summed E-state index contributed by atoms with van der Waals surface area (Å²) in [6.45, 7) is 0. The van der Waals surface area contributed by atoms with E-state index in [0.717, 1.165) is 0 Å². The zero-order valence-corrected chi connectivity index (χ0v) is 5.78. The lowest BCUT2D eigenvalue weighted by Gasteiger charge is -1.96. The van der Waals surface area contributed by atoms with Gasteiger partial charge in [-0.3, -0.25) is 4.79 Å². The maximum absolute atomic E-state index is 10.9. The molecule has 0 N–H and O–H groups in total. The third-order valence-corrected chi connectivity index (χ3v) is 1.25. The minimum absolute atomic E-state index is 0.0843. The first-order valence-corrected chi connectivity index (χ1v) is 3.15. The average Bonchev–Trinajstić information content (AvgIpc) is 2.03. The molecule has 0 aromatic rings. The summed E-state index contributed by atoms with van der Waals surface area (Å²) < 4.78 is 0. The number of hydrogen-bond donors (Lipinski definition) is 0. The first-order valence-electron chi connectivity index (χ1n) is 3.15. The van der Waals surface area contributed by atoms with Crippen molar-refractivity contribution in [2.75, 3.05) is 0 Å². The molecule has 11 heavy (non-hydrogen) atoms. The van der Waals surface area contributed by atoms with E-state index in [4.69, 9.17) is 0 Å². The van der Waals surface area contributed by atoms with Crippen molar-refractivity contribution < 1.29 is 9.59 Å². The van der Waals surface area contributed by atoms with Crippen molar-refractivity contribution in [1.82, 2.24) is 0 Å². The fourth-order valence-electron chi connectivity index (χ4n) is 0.742. The third kappa shape index (κ3) is 1.88. The molecule has 0 atom stereocenters. The van der Waals surface area contributed by atoms with E-state index in [1.54, 1.807) is 24.2 Å². The predicted octanol–water partition coefficient (Wildman–Crippen LogP) is 0.996. The Bertz CT molecular complexity index is 300. The van der Waals surface area contributed by atoms with Crippen molar-refractivity contribution in [1.29, 1.82) is 0 Å². The quantitative estimate of drug-likeness (QED) is 0.408. The van der Waals surface area contributed by atoms with Crippen LogP contribution in [0.15, 0.2) is 42.0 Å². The van der Waals surface area contributed by atoms with Gasteiger partial charge < -0.3 is 0 Å². The lowest BCUT2D eigenvalue weighted by Crippen LogP contribution is -1.97. The van der Waals surface area contributed by atoms with Crippen molar-refractivity contribution in [3.63, 3.8) is 0 Å². The summed E-state index contributed by atoms with van der Waals surface area (Å²) in [5.41, 5.74) is 0.510. The number of carbonyl (C=O) groups is 1. The van der Waals surface area contributed by atoms with Gasteiger partial charge in [-0.1, -0.05) is 18.2 Å². The highest BCUT2D eigenvalue weighted by Crippen LogP contribution is 2.05. The van der Waals surface area contributed by atoms with Crippen molar-refractivity contribution in [3.05, 3.63) is 42.0 Å². The van der Waals surface area contributed by atoms with E-state index >= 15 is 0 Å². The van der Waals surface area contributed by atoms with Crippen LogP contribution in [0.3, 0.4) is 0 Å². The van der Waals surface area contributed by atoms with E-state index in [2.05, 4.69) is 0 Å². The van der Waals surface area contributed by atoms with Crippen molar-refractivity contribution in [3.8, 4) is 0 Å². The van der Waals surface area contributed by atoms with Crippen LogP contribution >= 0.6 is 0 Å². The summed E-state index contributed by atoms with van der Waals surface area (Å²) in [5.74, 6) is 1.49. The highest BCUT2D eigenvalue weighted by atomic mass is 16.1. The smallest absolute Gasteiger partial charge is 0.185 e. The van der Waals surface area contributed by atoms with Gasteiger partial charge in [-0.2, -0.15) is 0 Å². The number of allylic oxidation sites excluding steroid dienone is 7. The summed E-state index contributed by atoms with van der Waals surface area (Å²) >= 11 is 0. The molecule has 2 heteroatoms. The minimum atomic E-state index is -0.0843. The largest absolute Gasteiger partial charge is 0.289 e. The van der Waals surface area contributed by atoms with Crippen LogP contribution in [-0.4, -0.2) is 11.7 Å². The Morgan fingerprint density at radius 2 is 2.00 bits per heavy atom. The van der Waals surface area contributed by atoms with Gasteiger partial charge in [0.05, 0.1) is 0 Å². The molecule has 2 nitrogen and oxygen atoms in total. The highest BCUT2D eigenvalue weighted by Gasteiger charge is 2.02. The monoisotopic (exact) mass is 146 g/mol. The second-order valence-corrected chi connectivity index (χ2v) is 1.99. The first-order chi connectivity index (χ1) is 5.34. The van der Waals surface area contributed by atoms with E-state index in [0.29, 0.717) is 5.57 Å². The minimum Gasteiger partial charge on any atom is -0.289 e. The average molecular weight is 146 g/mol. The lowest BCUT2D eigenvalue weighted by molar-refractivity contribution is -0.111. The molecular formula is C9H6O2. The first kappa shape index (κ1) is 7.45. The van der Waals surface area contributed by atoms with Crippen molar-refractivity contribution in [2.24, 2.45) is 0 Å². The fraction of sp³-hybridized carbons (Fsp3) is 0. The molecule has 0 spiro atoms. The van der Waals surface area contributed by atoms with Gasteiger partial charge in [0.15, 0.2) is 5.78 Å². The van der Waals surface area contributed by atoms with Crippen LogP contribution in [0.2, 0.25) is 0 Å². The van der Waals surface area contributed by atoms with E-state index in [1.165, 1.54) is 18.2 Å². The molecule has 0 radical (unpaired) electrons. The Labute approximate surface area is 64.2 Å². The van der Waals surface area contributed by atoms with Gasteiger partial charge in [0.2, 0.25) is 0 Å². The fourth-order valence-corrected chi connectivity index (χ4v) is 0.742. The lowest BCUT2D eigenvalue weighted by atomic mass is 10.1. The standard InChI is InChI=1S/C9H6O2/c10-7-3-5-8-4-1-2-6-9(8)11/h1-6H/b8-5-. The number of ketones is 1. The van der Waals surface area contributed by atoms with Crippen LogP contribution in [0, 0.1) is 0 Å². The predicted molar refractivity (Wildman–Crippen MR) is 41.6 cm³/mol. The number of rotatable bonds is 1. The zero-order chi connectivity index (χ0) is 8.10. The van der Waals surface area contributed by atoms with Gasteiger partial charge in [0.1, 0.15) is 5.94 Å². The van der Waals surface area contributed by atoms with Gasteiger partial charge in [-0.05, 0) is 12.2 Å². The second kappa shape index (κ2) is 3.49. The van der Waals surface area contributed by atoms with Crippen LogP contribution in [-0.2, 0) is 9.59 Å². The molecular weight excluding hydrogens is 140 g/mol. The van der Waals surface area contributed by atoms with E-state index < -0.39 is 0 Å². The third-order valence-electron chi connectivity index (χ3n) is 1.25. The summed E-state index contributed by atoms with van der Waals surface area (Å²) in [5, 5.41) is 0. The Morgan fingerprint density at radius 1 is 1.27 bits per heavy atom. The van der Waals surface area contributed by atoms with E-state index in [1.807, 2.05) is 0 Å². The molecule has 1 aliphatic rings. The Balaban J connectivity index is 2.89. The molecule has 0 amide bonds. The molecule has 0 saturated carbocycles. The van der Waals surface area contributed by atoms with Gasteiger partial charge in [0.25, 0.3) is 0 Å². The molecule has 0 saturated heterocycles. The molecule has 0 heterocycles. The van der Waals surface area contributed by atoms with Crippen LogP contribution < -0.4 is 0 Å². The topological polar surface area (TPSA) is 34.1 Å². The molecule has 0 fully saturated rings. The summed E-state index contributed by atoms with van der Waals surface area (Å²) in [6, 6.07) is 0. The maximum Gasteiger partial charge on any atom is 0.185 e. The van der Waals surface area contributed by atoms with Crippen molar-refractivity contribution >= 4 is 11.7 Å². The van der Waals surface area contributed by atoms with E-state index in [9.17, 15) is 9.59 Å². The molecule has 0 bridgehead atoms. The summed E-state index contributed by atoms with van der Waals surface area (Å²) in [7, 11) is 0. The van der Waals surface area contributed by atoms with Gasteiger partial charge >= 0.3 is 0 Å². The molecule has 1 aliphatic carbocycles. The Morgan fingerprint density at radius 3 is 2.64 bits per heavy atom. The van der Waals surface area contributed by atoms with Gasteiger partial charge in [-0.25, -0.2) is 4.79 Å². The highest BCUT2D eigenvalue weighted by molar-refractivity contribution is 6.07. The van der Waals surface area contributed by atoms with Crippen molar-refractivity contribution in [2.45, 2.75) is 0 Å². The van der Waals surface area contributed by atoms with Crippen LogP contribution in [0.4, 0.5) is 0 Å². The van der Waals surface area contributed by atoms with Gasteiger partial charge in [-0.15, -0.1) is 0 Å². The Kier molecular flexibility index (Phi) is 2.37. The molecule has 0 aromatic carbocycles. The van der Waals surface area contributed by atoms with E-state index in [-0.39, 0.29) is 5.78 Å². The van der Waals surface area contributed by atoms with Gasteiger partial charge in [0, 0.05) is 11.6 Å². The normalized spacial score (nSPS) is 18.5. The van der Waals surface area contributed by atoms with Crippen LogP contribution in [0.5, 0.6) is 0 Å². The zero-order valence-electron chi connectivity index (χ0n) is 5.78. The molecule has 1 rings (SSSR count). The Hall–Kier alpha value is -1.66. The molecule has 0 aromatic heterocycles. The SMILES string of the molecule is O=C=C/C=C1/C=CC=CC1=O. The second-order valence-electron chi connectivity index (χ2n) is 1.99. The molecule has 0 unspecified atom stereocenters.